The number of benzene rings is 3. The summed E-state index contributed by atoms with van der Waals surface area (Å²) in [5.41, 5.74) is 6.86. The Labute approximate surface area is 165 Å². The minimum atomic E-state index is 0.391. The van der Waals surface area contributed by atoms with Crippen molar-refractivity contribution in [3.05, 3.63) is 78.1 Å². The molecule has 0 saturated carbocycles. The van der Waals surface area contributed by atoms with Crippen molar-refractivity contribution in [3.63, 3.8) is 0 Å². The Morgan fingerprint density at radius 2 is 1.61 bits per heavy atom. The molecule has 0 bridgehead atoms. The monoisotopic (exact) mass is 368 g/mol. The minimum absolute atomic E-state index is 0.391. The normalized spacial score (nSPS) is 12.5. The molecule has 2 heterocycles. The van der Waals surface area contributed by atoms with Gasteiger partial charge in [-0.2, -0.15) is 0 Å². The highest BCUT2D eigenvalue weighted by molar-refractivity contribution is 5.82. The van der Waals surface area contributed by atoms with E-state index in [1.165, 1.54) is 11.1 Å². The second-order valence-corrected chi connectivity index (χ2v) is 8.09. The molecule has 0 fully saturated rings. The van der Waals surface area contributed by atoms with Crippen LogP contribution in [-0.2, 0) is 0 Å². The molecule has 140 valence electrons. The van der Waals surface area contributed by atoms with E-state index in [0.717, 1.165) is 33.9 Å². The van der Waals surface area contributed by atoms with E-state index in [9.17, 15) is 0 Å². The second-order valence-electron chi connectivity index (χ2n) is 8.09. The Hall–Kier alpha value is -3.07. The van der Waals surface area contributed by atoms with Crippen LogP contribution in [0.25, 0.3) is 22.4 Å². The lowest BCUT2D eigenvalue weighted by atomic mass is 10.0. The number of nitrogens with zero attached hydrogens (tertiary/aromatic N) is 2. The molecule has 0 N–H and O–H groups in total. The fourth-order valence-electron chi connectivity index (χ4n) is 3.98. The number of hydrogen-bond acceptors (Lipinski definition) is 1. The lowest BCUT2D eigenvalue weighted by Crippen LogP contribution is -2.33. The highest BCUT2D eigenvalue weighted by Crippen LogP contribution is 2.40. The minimum Gasteiger partial charge on any atom is -0.465 e. The highest BCUT2D eigenvalue weighted by Gasteiger charge is 2.25. The Kier molecular flexibility index (Phi) is 3.80. The summed E-state index contributed by atoms with van der Waals surface area (Å²) >= 11 is 0. The van der Waals surface area contributed by atoms with Crippen molar-refractivity contribution in [2.75, 3.05) is 0 Å². The third-order valence-electron chi connectivity index (χ3n) is 5.56. The molecule has 3 aromatic carbocycles. The van der Waals surface area contributed by atoms with E-state index in [1.807, 2.05) is 6.07 Å². The molecule has 0 radical (unpaired) electrons. The van der Waals surface area contributed by atoms with Gasteiger partial charge in [-0.1, -0.05) is 64.1 Å². The zero-order chi connectivity index (χ0) is 19.4. The van der Waals surface area contributed by atoms with Crippen LogP contribution in [0.3, 0.4) is 0 Å². The van der Waals surface area contributed by atoms with Crippen LogP contribution in [0.4, 0.5) is 0 Å². The molecular formula is C25H24N2O. The van der Waals surface area contributed by atoms with Crippen LogP contribution in [0, 0.1) is 6.33 Å². The fraction of sp³-hybridized carbons (Fsp3) is 0.240. The third kappa shape index (κ3) is 2.46. The molecule has 0 atom stereocenters. The maximum atomic E-state index is 6.39. The smallest absolute Gasteiger partial charge is 0.270 e. The summed E-state index contributed by atoms with van der Waals surface area (Å²) in [6, 6.07) is 21.3. The maximum Gasteiger partial charge on any atom is 0.270 e. The van der Waals surface area contributed by atoms with E-state index in [1.54, 1.807) is 0 Å². The zero-order valence-electron chi connectivity index (χ0n) is 16.7. The van der Waals surface area contributed by atoms with Gasteiger partial charge < -0.3 is 4.74 Å². The van der Waals surface area contributed by atoms with Crippen molar-refractivity contribution in [2.45, 2.75) is 39.5 Å². The first-order chi connectivity index (χ1) is 13.5. The molecular weight excluding hydrogens is 344 g/mol. The van der Waals surface area contributed by atoms with E-state index in [0.29, 0.717) is 11.8 Å². The quantitative estimate of drug-likeness (QED) is 0.280. The van der Waals surface area contributed by atoms with Crippen molar-refractivity contribution >= 4 is 11.0 Å². The average molecular weight is 368 g/mol. The van der Waals surface area contributed by atoms with Crippen LogP contribution in [-0.4, -0.2) is 4.57 Å². The van der Waals surface area contributed by atoms with Crippen molar-refractivity contribution in [1.82, 2.24) is 4.57 Å². The van der Waals surface area contributed by atoms with Crippen LogP contribution in [0.1, 0.15) is 50.7 Å². The Bertz CT molecular complexity index is 1180. The predicted octanol–water partition coefficient (Wildman–Crippen LogP) is 6.06. The van der Waals surface area contributed by atoms with Gasteiger partial charge in [0, 0.05) is 0 Å². The first kappa shape index (κ1) is 17.1. The number of rotatable bonds is 3. The molecule has 4 aromatic rings. The predicted molar refractivity (Wildman–Crippen MR) is 112 cm³/mol. The van der Waals surface area contributed by atoms with Gasteiger partial charge in [0.05, 0.1) is 11.2 Å². The van der Waals surface area contributed by atoms with Gasteiger partial charge in [0.1, 0.15) is 22.7 Å². The first-order valence-electron chi connectivity index (χ1n) is 9.95. The highest BCUT2D eigenvalue weighted by atomic mass is 16.5. The third-order valence-corrected chi connectivity index (χ3v) is 5.56. The van der Waals surface area contributed by atoms with Crippen molar-refractivity contribution in [2.24, 2.45) is 0 Å². The van der Waals surface area contributed by atoms with E-state index in [-0.39, 0.29) is 0 Å². The molecule has 0 unspecified atom stereocenters. The Balaban J connectivity index is 1.75. The molecule has 1 aliphatic rings. The van der Waals surface area contributed by atoms with Gasteiger partial charge in [-0.3, -0.25) is 9.13 Å². The molecule has 0 aliphatic carbocycles. The summed E-state index contributed by atoms with van der Waals surface area (Å²) in [6.07, 6.45) is 3.57. The zero-order valence-corrected chi connectivity index (χ0v) is 16.7. The van der Waals surface area contributed by atoms with Gasteiger partial charge in [-0.25, -0.2) is 0 Å². The first-order valence-corrected chi connectivity index (χ1v) is 9.95. The van der Waals surface area contributed by atoms with Crippen molar-refractivity contribution < 1.29 is 9.30 Å². The van der Waals surface area contributed by atoms with E-state index < -0.39 is 0 Å². The van der Waals surface area contributed by atoms with Gasteiger partial charge in [0.25, 0.3) is 6.33 Å². The standard InChI is InChI=1S/C25H24N2O/c1-16(2)18-11-13-19(14-12-18)26-15-27-22-9-5-7-20(17(3)4)25(22)28-23-10-6-8-21(26)24(23)27/h5-14,16-17H,1-4H3. The molecule has 0 amide bonds. The van der Waals surface area contributed by atoms with E-state index in [2.05, 4.69) is 97.8 Å². The summed E-state index contributed by atoms with van der Waals surface area (Å²) in [6.45, 7) is 8.83. The van der Waals surface area contributed by atoms with Gasteiger partial charge >= 0.3 is 0 Å². The van der Waals surface area contributed by atoms with Gasteiger partial charge in [0.15, 0.2) is 0 Å². The lowest BCUT2D eigenvalue weighted by molar-refractivity contribution is -0.575. The number of ether oxygens (including phenoxy) is 1. The molecule has 0 saturated heterocycles. The summed E-state index contributed by atoms with van der Waals surface area (Å²) in [5, 5.41) is 0. The molecule has 28 heavy (non-hydrogen) atoms. The van der Waals surface area contributed by atoms with E-state index >= 15 is 0 Å². The van der Waals surface area contributed by atoms with Crippen LogP contribution in [0.5, 0.6) is 11.5 Å². The van der Waals surface area contributed by atoms with Crippen molar-refractivity contribution in [3.8, 4) is 22.9 Å². The van der Waals surface area contributed by atoms with Crippen LogP contribution in [0.2, 0.25) is 0 Å². The van der Waals surface area contributed by atoms with Crippen LogP contribution in [0.15, 0.2) is 60.7 Å². The number of imidazole rings is 1. The largest absolute Gasteiger partial charge is 0.465 e. The molecule has 5 rings (SSSR count). The molecule has 3 heteroatoms. The van der Waals surface area contributed by atoms with Crippen molar-refractivity contribution in [1.29, 1.82) is 0 Å². The summed E-state index contributed by atoms with van der Waals surface area (Å²) in [4.78, 5) is 0. The fourth-order valence-corrected chi connectivity index (χ4v) is 3.98. The summed E-state index contributed by atoms with van der Waals surface area (Å²) < 4.78 is 10.7. The maximum absolute atomic E-state index is 6.39. The number of aromatic nitrogens is 2. The van der Waals surface area contributed by atoms with E-state index in [4.69, 9.17) is 4.74 Å². The lowest BCUT2D eigenvalue weighted by Gasteiger charge is -2.23. The topological polar surface area (TPSA) is 18.0 Å². The molecule has 3 nitrogen and oxygen atoms in total. The molecule has 0 spiro atoms. The summed E-state index contributed by atoms with van der Waals surface area (Å²) in [5.74, 6) is 2.73. The SMILES string of the molecule is CC(C)c1ccc(-n2[c-][n+]3c4c(cccc42)Oc2c(C(C)C)cccc2-3)cc1. The number of para-hydroxylation sites is 2. The number of fused-ring (bicyclic) bond motifs is 2. The average Bonchev–Trinajstić information content (AvgIpc) is 3.09. The summed E-state index contributed by atoms with van der Waals surface area (Å²) in [7, 11) is 0. The van der Waals surface area contributed by atoms with Crippen LogP contribution >= 0.6 is 0 Å². The Morgan fingerprint density at radius 3 is 2.32 bits per heavy atom. The van der Waals surface area contributed by atoms with Gasteiger partial charge in [0.2, 0.25) is 0 Å². The van der Waals surface area contributed by atoms with Crippen LogP contribution < -0.4 is 9.30 Å². The second kappa shape index (κ2) is 6.23. The molecule has 1 aromatic heterocycles. The van der Waals surface area contributed by atoms with Gasteiger partial charge in [-0.05, 0) is 47.2 Å². The van der Waals surface area contributed by atoms with Gasteiger partial charge in [-0.15, -0.1) is 0 Å². The number of hydrogen-bond donors (Lipinski definition) is 0. The Morgan fingerprint density at radius 1 is 0.857 bits per heavy atom. The molecule has 1 aliphatic heterocycles.